The van der Waals surface area contributed by atoms with Crippen LogP contribution in [0.1, 0.15) is 6.92 Å². The quantitative estimate of drug-likeness (QED) is 0.170. The van der Waals surface area contributed by atoms with E-state index in [1.807, 2.05) is 12.1 Å². The molecule has 0 amide bonds. The van der Waals surface area contributed by atoms with Gasteiger partial charge in [0.05, 0.1) is 24.5 Å². The first-order valence-electron chi connectivity index (χ1n) is 8.90. The average molecular weight is 457 g/mol. The Bertz CT molecular complexity index is 1110. The molecule has 0 aliphatic heterocycles. The van der Waals surface area contributed by atoms with E-state index in [1.54, 1.807) is 61.5 Å². The molecule has 0 aliphatic carbocycles. The highest BCUT2D eigenvalue weighted by molar-refractivity contribution is 8.03. The van der Waals surface area contributed by atoms with E-state index in [1.165, 1.54) is 35.3 Å². The number of aliphatic hydroxyl groups excluding tert-OH is 1. The summed E-state index contributed by atoms with van der Waals surface area (Å²) in [6, 6.07) is 17.6. The number of aromatic hydroxyl groups is 3. The Hall–Kier alpha value is -2.61. The lowest BCUT2D eigenvalue weighted by molar-refractivity contribution is 0.432. The first-order valence-corrected chi connectivity index (χ1v) is 11.4. The van der Waals surface area contributed by atoms with Crippen molar-refractivity contribution in [3.63, 3.8) is 0 Å². The molecule has 0 bridgehead atoms. The number of phenolic OH excluding ortho intramolecular Hbond substituents is 3. The highest BCUT2D eigenvalue weighted by atomic mass is 32.2. The lowest BCUT2D eigenvalue weighted by Gasteiger charge is -2.13. The molecule has 0 radical (unpaired) electrons. The van der Waals surface area contributed by atoms with E-state index >= 15 is 0 Å². The Morgan fingerprint density at radius 1 is 0.733 bits per heavy atom. The number of phenols is 3. The summed E-state index contributed by atoms with van der Waals surface area (Å²) in [5.41, 5.74) is 0. The van der Waals surface area contributed by atoms with Gasteiger partial charge in [-0.15, -0.1) is 0 Å². The van der Waals surface area contributed by atoms with Crippen molar-refractivity contribution in [2.24, 2.45) is 0 Å². The standard InChI is InChI=1S/C23H20O4S3/c1-3-16(14(2)24)28-18-10-6-12-20(22(18)26)30-21-13-7-11-19(23(21)27)29-17-9-5-4-8-15(17)25/h3-13,24-27H,2H2,1H3/b16-3+. The minimum atomic E-state index is -0.0634. The highest BCUT2D eigenvalue weighted by Gasteiger charge is 2.16. The summed E-state index contributed by atoms with van der Waals surface area (Å²) in [4.78, 5) is 3.50. The van der Waals surface area contributed by atoms with Crippen molar-refractivity contribution >= 4 is 35.3 Å². The second-order valence-electron chi connectivity index (χ2n) is 6.08. The maximum atomic E-state index is 10.8. The molecule has 0 heterocycles. The van der Waals surface area contributed by atoms with Gasteiger partial charge in [-0.1, -0.05) is 72.2 Å². The summed E-state index contributed by atoms with van der Waals surface area (Å²) in [5.74, 6) is 0.219. The molecule has 0 fully saturated rings. The number of allylic oxidation sites excluding steroid dienone is 1. The van der Waals surface area contributed by atoms with Crippen LogP contribution in [0.3, 0.4) is 0 Å². The van der Waals surface area contributed by atoms with Crippen molar-refractivity contribution < 1.29 is 20.4 Å². The molecule has 0 saturated carbocycles. The predicted octanol–water partition coefficient (Wildman–Crippen LogP) is 7.17. The second-order valence-corrected chi connectivity index (χ2v) is 9.33. The Morgan fingerprint density at radius 2 is 1.20 bits per heavy atom. The minimum absolute atomic E-state index is 0.0614. The number of aliphatic hydroxyl groups is 1. The summed E-state index contributed by atoms with van der Waals surface area (Å²) in [6.07, 6.45) is 1.72. The van der Waals surface area contributed by atoms with Crippen LogP contribution in [0.2, 0.25) is 0 Å². The van der Waals surface area contributed by atoms with Crippen molar-refractivity contribution in [2.75, 3.05) is 0 Å². The molecule has 30 heavy (non-hydrogen) atoms. The molecule has 0 atom stereocenters. The van der Waals surface area contributed by atoms with Crippen LogP contribution < -0.4 is 0 Å². The van der Waals surface area contributed by atoms with Gasteiger partial charge in [0.15, 0.2) is 0 Å². The van der Waals surface area contributed by atoms with Gasteiger partial charge in [-0.05, 0) is 43.3 Å². The molecular formula is C23H20O4S3. The Kier molecular flexibility index (Phi) is 7.31. The van der Waals surface area contributed by atoms with Crippen LogP contribution in [0, 0.1) is 0 Å². The summed E-state index contributed by atoms with van der Waals surface area (Å²) < 4.78 is 0. The summed E-state index contributed by atoms with van der Waals surface area (Å²) in [7, 11) is 0. The molecule has 4 nitrogen and oxygen atoms in total. The summed E-state index contributed by atoms with van der Waals surface area (Å²) >= 11 is 3.71. The van der Waals surface area contributed by atoms with Crippen LogP contribution in [0.5, 0.6) is 17.2 Å². The number of rotatable bonds is 7. The predicted molar refractivity (Wildman–Crippen MR) is 124 cm³/mol. The van der Waals surface area contributed by atoms with E-state index in [0.29, 0.717) is 29.4 Å². The zero-order chi connectivity index (χ0) is 21.7. The van der Waals surface area contributed by atoms with Gasteiger partial charge in [0, 0.05) is 4.91 Å². The molecule has 3 rings (SSSR count). The van der Waals surface area contributed by atoms with Crippen molar-refractivity contribution in [1.82, 2.24) is 0 Å². The highest BCUT2D eigenvalue weighted by Crippen LogP contribution is 2.48. The number of hydrogen-bond acceptors (Lipinski definition) is 7. The first-order chi connectivity index (χ1) is 14.4. The fourth-order valence-electron chi connectivity index (χ4n) is 2.52. The average Bonchev–Trinajstić information content (AvgIpc) is 2.72. The lowest BCUT2D eigenvalue weighted by atomic mass is 10.3. The minimum Gasteiger partial charge on any atom is -0.507 e. The second kappa shape index (κ2) is 9.93. The zero-order valence-corrected chi connectivity index (χ0v) is 18.5. The van der Waals surface area contributed by atoms with Gasteiger partial charge in [0.2, 0.25) is 0 Å². The van der Waals surface area contributed by atoms with Crippen LogP contribution in [0.4, 0.5) is 0 Å². The molecule has 3 aromatic carbocycles. The number of thioether (sulfide) groups is 1. The topological polar surface area (TPSA) is 80.9 Å². The molecule has 7 heteroatoms. The van der Waals surface area contributed by atoms with Crippen molar-refractivity contribution in [3.8, 4) is 17.2 Å². The smallest absolute Gasteiger partial charge is 0.143 e. The van der Waals surface area contributed by atoms with E-state index < -0.39 is 0 Å². The molecule has 0 aliphatic rings. The Morgan fingerprint density at radius 3 is 1.73 bits per heavy atom. The zero-order valence-electron chi connectivity index (χ0n) is 16.1. The van der Waals surface area contributed by atoms with Crippen LogP contribution in [-0.4, -0.2) is 20.4 Å². The summed E-state index contributed by atoms with van der Waals surface area (Å²) in [6.45, 7) is 5.31. The van der Waals surface area contributed by atoms with Gasteiger partial charge >= 0.3 is 0 Å². The van der Waals surface area contributed by atoms with Gasteiger partial charge in [-0.25, -0.2) is 0 Å². The molecule has 4 N–H and O–H groups in total. The van der Waals surface area contributed by atoms with Gasteiger partial charge in [0.1, 0.15) is 23.0 Å². The number of benzene rings is 3. The van der Waals surface area contributed by atoms with E-state index in [0.717, 1.165) is 0 Å². The fraction of sp³-hybridized carbons (Fsp3) is 0.0435. The SMILES string of the molecule is C=C(O)/C(=C\C)Sc1cccc(Sc2cccc(Sc3ccccc3O)c2O)c1O. The van der Waals surface area contributed by atoms with Crippen LogP contribution in [-0.2, 0) is 0 Å². The monoisotopic (exact) mass is 456 g/mol. The number of para-hydroxylation sites is 3. The maximum Gasteiger partial charge on any atom is 0.143 e. The van der Waals surface area contributed by atoms with E-state index in [9.17, 15) is 20.4 Å². The largest absolute Gasteiger partial charge is 0.507 e. The van der Waals surface area contributed by atoms with Gasteiger partial charge in [-0.3, -0.25) is 0 Å². The van der Waals surface area contributed by atoms with Crippen LogP contribution in [0.15, 0.2) is 108 Å². The molecule has 0 aromatic heterocycles. The lowest BCUT2D eigenvalue weighted by Crippen LogP contribution is -1.85. The Labute approximate surface area is 188 Å². The van der Waals surface area contributed by atoms with Gasteiger partial charge < -0.3 is 20.4 Å². The van der Waals surface area contributed by atoms with Crippen molar-refractivity contribution in [1.29, 1.82) is 0 Å². The normalized spacial score (nSPS) is 11.4. The van der Waals surface area contributed by atoms with Crippen molar-refractivity contribution in [3.05, 3.63) is 84.0 Å². The molecular weight excluding hydrogens is 436 g/mol. The van der Waals surface area contributed by atoms with Gasteiger partial charge in [-0.2, -0.15) is 0 Å². The molecule has 0 unspecified atom stereocenters. The summed E-state index contributed by atoms with van der Waals surface area (Å²) in [5, 5.41) is 41.1. The molecule has 3 aromatic rings. The third kappa shape index (κ3) is 5.11. The third-order valence-corrected chi connectivity index (χ3v) is 7.45. The van der Waals surface area contributed by atoms with E-state index in [-0.39, 0.29) is 23.0 Å². The Balaban J connectivity index is 1.88. The molecule has 0 saturated heterocycles. The third-order valence-electron chi connectivity index (χ3n) is 4.00. The van der Waals surface area contributed by atoms with Gasteiger partial charge in [0.25, 0.3) is 0 Å². The maximum absolute atomic E-state index is 10.8. The molecule has 0 spiro atoms. The molecule has 154 valence electrons. The van der Waals surface area contributed by atoms with Crippen LogP contribution >= 0.6 is 35.3 Å². The fourth-order valence-corrected chi connectivity index (χ4v) is 5.32. The number of hydrogen-bond donors (Lipinski definition) is 4. The van der Waals surface area contributed by atoms with E-state index in [4.69, 9.17) is 0 Å². The first kappa shape index (κ1) is 22.1. The van der Waals surface area contributed by atoms with Crippen molar-refractivity contribution in [2.45, 2.75) is 31.4 Å². The van der Waals surface area contributed by atoms with Crippen LogP contribution in [0.25, 0.3) is 0 Å². The van der Waals surface area contributed by atoms with E-state index in [2.05, 4.69) is 6.58 Å².